The Morgan fingerprint density at radius 3 is 1.31 bits per heavy atom. The van der Waals surface area contributed by atoms with Crippen molar-refractivity contribution >= 4 is 19.8 Å². The van der Waals surface area contributed by atoms with E-state index in [1.807, 2.05) is 21.1 Å². The molecule has 0 rings (SSSR count). The van der Waals surface area contributed by atoms with E-state index >= 15 is 0 Å². The van der Waals surface area contributed by atoms with Crippen LogP contribution in [0.1, 0.15) is 187 Å². The molecule has 1 N–H and O–H groups in total. The predicted molar refractivity (Wildman–Crippen MR) is 201 cm³/mol. The average molecular weight is 721 g/mol. The van der Waals surface area contributed by atoms with Gasteiger partial charge in [-0.3, -0.25) is 18.6 Å². The van der Waals surface area contributed by atoms with Crippen LogP contribution in [-0.4, -0.2) is 74.9 Å². The first-order chi connectivity index (χ1) is 23.5. The second-order valence-corrected chi connectivity index (χ2v) is 16.5. The van der Waals surface area contributed by atoms with Crippen molar-refractivity contribution in [2.75, 3.05) is 47.5 Å². The molecular formula is C39H79NO8P+. The zero-order valence-corrected chi connectivity index (χ0v) is 33.6. The minimum Gasteiger partial charge on any atom is -0.462 e. The number of hydrogen-bond acceptors (Lipinski definition) is 7. The van der Waals surface area contributed by atoms with Crippen molar-refractivity contribution in [3.8, 4) is 0 Å². The Kier molecular flexibility index (Phi) is 32.2. The minimum absolute atomic E-state index is 0.0365. The lowest BCUT2D eigenvalue weighted by molar-refractivity contribution is -0.870. The summed E-state index contributed by atoms with van der Waals surface area (Å²) >= 11 is 0. The van der Waals surface area contributed by atoms with Crippen molar-refractivity contribution in [3.63, 3.8) is 0 Å². The Morgan fingerprint density at radius 2 is 0.918 bits per heavy atom. The first-order valence-electron chi connectivity index (χ1n) is 20.3. The number of phosphoric ester groups is 1. The molecule has 0 spiro atoms. The summed E-state index contributed by atoms with van der Waals surface area (Å²) < 4.78 is 34.2. The largest absolute Gasteiger partial charge is 0.472 e. The molecule has 0 saturated heterocycles. The summed E-state index contributed by atoms with van der Waals surface area (Å²) in [6.45, 7) is 4.42. The molecule has 0 fully saturated rings. The molecule has 10 heteroatoms. The van der Waals surface area contributed by atoms with Gasteiger partial charge in [-0.05, 0) is 12.8 Å². The number of rotatable bonds is 37. The molecule has 0 bridgehead atoms. The van der Waals surface area contributed by atoms with Gasteiger partial charge in [0.25, 0.3) is 0 Å². The number of esters is 2. The first kappa shape index (κ1) is 48.0. The van der Waals surface area contributed by atoms with Crippen LogP contribution in [0.3, 0.4) is 0 Å². The molecule has 2 atom stereocenters. The summed E-state index contributed by atoms with van der Waals surface area (Å²) in [5.41, 5.74) is 0. The Bertz CT molecular complexity index is 819. The third-order valence-electron chi connectivity index (χ3n) is 8.89. The second-order valence-electron chi connectivity index (χ2n) is 15.0. The van der Waals surface area contributed by atoms with E-state index in [2.05, 4.69) is 13.8 Å². The van der Waals surface area contributed by atoms with Gasteiger partial charge in [0.05, 0.1) is 27.7 Å². The van der Waals surface area contributed by atoms with Crippen LogP contribution < -0.4 is 0 Å². The lowest BCUT2D eigenvalue weighted by atomic mass is 10.0. The first-order valence-corrected chi connectivity index (χ1v) is 21.8. The molecule has 0 aliphatic carbocycles. The molecule has 0 aromatic rings. The maximum atomic E-state index is 12.6. The van der Waals surface area contributed by atoms with Crippen LogP contribution in [0.2, 0.25) is 0 Å². The number of quaternary nitrogens is 1. The van der Waals surface area contributed by atoms with Crippen molar-refractivity contribution in [1.29, 1.82) is 0 Å². The lowest BCUT2D eigenvalue weighted by Gasteiger charge is -2.24. The summed E-state index contributed by atoms with van der Waals surface area (Å²) in [5.74, 6) is -0.790. The number of likely N-dealkylation sites (N-methyl/N-ethyl adjacent to an activating group) is 1. The van der Waals surface area contributed by atoms with E-state index < -0.39 is 26.5 Å². The third-order valence-corrected chi connectivity index (χ3v) is 9.87. The summed E-state index contributed by atoms with van der Waals surface area (Å²) in [6.07, 6.45) is 30.0. The van der Waals surface area contributed by atoms with E-state index in [1.54, 1.807) is 0 Å². The van der Waals surface area contributed by atoms with Gasteiger partial charge in [-0.15, -0.1) is 0 Å². The van der Waals surface area contributed by atoms with Crippen molar-refractivity contribution in [1.82, 2.24) is 0 Å². The Hall–Kier alpha value is -0.990. The second kappa shape index (κ2) is 32.9. The summed E-state index contributed by atoms with van der Waals surface area (Å²) in [5, 5.41) is 0. The molecule has 0 aromatic carbocycles. The van der Waals surface area contributed by atoms with Crippen LogP contribution in [0.4, 0.5) is 0 Å². The van der Waals surface area contributed by atoms with Gasteiger partial charge in [0.1, 0.15) is 19.8 Å². The van der Waals surface area contributed by atoms with E-state index in [1.165, 1.54) is 122 Å². The SMILES string of the molecule is CCCCCCCCCCCCCCCCCC(=O)OC(COC(=O)CCCCCCCCCCCC)COP(=O)(O)OCC[N+](C)(C)C. The van der Waals surface area contributed by atoms with Gasteiger partial charge in [0.15, 0.2) is 6.10 Å². The highest BCUT2D eigenvalue weighted by Gasteiger charge is 2.27. The molecule has 292 valence electrons. The number of nitrogens with zero attached hydrogens (tertiary/aromatic N) is 1. The number of carbonyl (C=O) groups is 2. The van der Waals surface area contributed by atoms with Gasteiger partial charge in [-0.1, -0.05) is 162 Å². The van der Waals surface area contributed by atoms with E-state index in [0.717, 1.165) is 38.5 Å². The lowest BCUT2D eigenvalue weighted by Crippen LogP contribution is -2.37. The predicted octanol–water partition coefficient (Wildman–Crippen LogP) is 10.9. The fraction of sp³-hybridized carbons (Fsp3) is 0.949. The van der Waals surface area contributed by atoms with Crippen molar-refractivity contribution in [3.05, 3.63) is 0 Å². The highest BCUT2D eigenvalue weighted by molar-refractivity contribution is 7.47. The Balaban J connectivity index is 4.36. The number of carbonyl (C=O) groups excluding carboxylic acids is 2. The molecule has 0 heterocycles. The number of hydrogen-bond donors (Lipinski definition) is 1. The van der Waals surface area contributed by atoms with Gasteiger partial charge in [0.2, 0.25) is 0 Å². The van der Waals surface area contributed by atoms with Gasteiger partial charge in [-0.2, -0.15) is 0 Å². The maximum absolute atomic E-state index is 12.6. The molecule has 2 unspecified atom stereocenters. The Morgan fingerprint density at radius 1 is 0.551 bits per heavy atom. The van der Waals surface area contributed by atoms with Gasteiger partial charge < -0.3 is 18.9 Å². The molecule has 0 amide bonds. The van der Waals surface area contributed by atoms with E-state index in [-0.39, 0.29) is 25.6 Å². The monoisotopic (exact) mass is 721 g/mol. The van der Waals surface area contributed by atoms with Crippen LogP contribution in [0.25, 0.3) is 0 Å². The molecule has 0 aliphatic heterocycles. The van der Waals surface area contributed by atoms with Crippen LogP contribution in [-0.2, 0) is 32.7 Å². The zero-order chi connectivity index (χ0) is 36.5. The smallest absolute Gasteiger partial charge is 0.462 e. The number of phosphoric acid groups is 1. The third kappa shape index (κ3) is 36.6. The van der Waals surface area contributed by atoms with Gasteiger partial charge in [0, 0.05) is 12.8 Å². The Labute approximate surface area is 302 Å². The highest BCUT2D eigenvalue weighted by atomic mass is 31.2. The number of ether oxygens (including phenoxy) is 2. The van der Waals surface area contributed by atoms with Crippen LogP contribution in [0.5, 0.6) is 0 Å². The molecule has 0 saturated carbocycles. The summed E-state index contributed by atoms with van der Waals surface area (Å²) in [4.78, 5) is 35.2. The molecule has 9 nitrogen and oxygen atoms in total. The number of unbranched alkanes of at least 4 members (excludes halogenated alkanes) is 23. The molecule has 0 radical (unpaired) electrons. The standard InChI is InChI=1S/C39H78NO8P/c1-6-8-10-12-14-16-18-19-20-21-22-24-26-28-30-32-39(42)48-37(36-47-49(43,44)46-34-33-40(3,4)5)35-45-38(41)31-29-27-25-23-17-15-13-11-9-7-2/h37H,6-36H2,1-5H3/p+1. The van der Waals surface area contributed by atoms with Gasteiger partial charge >= 0.3 is 19.8 Å². The van der Waals surface area contributed by atoms with Crippen molar-refractivity contribution in [2.45, 2.75) is 193 Å². The molecule has 0 aliphatic rings. The molecule has 49 heavy (non-hydrogen) atoms. The average Bonchev–Trinajstić information content (AvgIpc) is 3.04. The van der Waals surface area contributed by atoms with Crippen LogP contribution in [0.15, 0.2) is 0 Å². The maximum Gasteiger partial charge on any atom is 0.472 e. The fourth-order valence-electron chi connectivity index (χ4n) is 5.66. The van der Waals surface area contributed by atoms with E-state index in [4.69, 9.17) is 18.5 Å². The van der Waals surface area contributed by atoms with E-state index in [9.17, 15) is 19.0 Å². The topological polar surface area (TPSA) is 108 Å². The zero-order valence-electron chi connectivity index (χ0n) is 32.7. The molecular weight excluding hydrogens is 641 g/mol. The van der Waals surface area contributed by atoms with Crippen LogP contribution >= 0.6 is 7.82 Å². The quantitative estimate of drug-likeness (QED) is 0.0292. The van der Waals surface area contributed by atoms with Crippen molar-refractivity contribution < 1.29 is 42.1 Å². The van der Waals surface area contributed by atoms with Crippen LogP contribution in [0, 0.1) is 0 Å². The minimum atomic E-state index is -4.36. The highest BCUT2D eigenvalue weighted by Crippen LogP contribution is 2.43. The summed E-state index contributed by atoms with van der Waals surface area (Å²) in [7, 11) is 1.49. The van der Waals surface area contributed by atoms with E-state index in [0.29, 0.717) is 17.4 Å². The summed E-state index contributed by atoms with van der Waals surface area (Å²) in [6, 6.07) is 0. The normalized spacial score (nSPS) is 13.7. The fourth-order valence-corrected chi connectivity index (χ4v) is 6.40. The van der Waals surface area contributed by atoms with Crippen molar-refractivity contribution in [2.24, 2.45) is 0 Å². The van der Waals surface area contributed by atoms with Gasteiger partial charge in [-0.25, -0.2) is 4.57 Å². The molecule has 0 aromatic heterocycles.